The van der Waals surface area contributed by atoms with E-state index in [-0.39, 0.29) is 6.73 Å². The zero-order valence-corrected chi connectivity index (χ0v) is 6.70. The molecule has 1 heterocycles. The number of benzene rings is 1. The Labute approximate surface area is 70.5 Å². The van der Waals surface area contributed by atoms with Crippen LogP contribution in [0.1, 0.15) is 12.5 Å². The van der Waals surface area contributed by atoms with Gasteiger partial charge in [0.05, 0.1) is 5.56 Å². The van der Waals surface area contributed by atoms with Crippen LogP contribution in [0.15, 0.2) is 18.2 Å². The average molecular weight is 162 g/mol. The third kappa shape index (κ3) is 0.942. The highest BCUT2D eigenvalue weighted by molar-refractivity contribution is 5.97. The number of hydroxylamine groups is 1. The Bertz CT molecular complexity index is 344. The number of nitrogens with zero attached hydrogens (tertiary/aromatic N) is 1. The van der Waals surface area contributed by atoms with Gasteiger partial charge in [0.15, 0.2) is 5.71 Å². The van der Waals surface area contributed by atoms with Gasteiger partial charge in [-0.1, -0.05) is 6.07 Å². The summed E-state index contributed by atoms with van der Waals surface area (Å²) in [6.07, 6.45) is 0. The van der Waals surface area contributed by atoms with Crippen molar-refractivity contribution in [3.63, 3.8) is 0 Å². The summed E-state index contributed by atoms with van der Waals surface area (Å²) < 4.78 is 6.01. The van der Waals surface area contributed by atoms with Crippen molar-refractivity contribution in [1.82, 2.24) is 0 Å². The molecule has 0 spiro atoms. The van der Waals surface area contributed by atoms with Crippen LogP contribution in [0.25, 0.3) is 0 Å². The van der Waals surface area contributed by atoms with Crippen molar-refractivity contribution >= 4 is 5.71 Å². The van der Waals surface area contributed by atoms with Crippen LogP contribution in [-0.2, 0) is 0 Å². The number of rotatable bonds is 0. The number of hydrogen-bond donors (Lipinski definition) is 0. The largest absolute Gasteiger partial charge is 0.621 e. The monoisotopic (exact) mass is 162 g/mol. The zero-order valence-electron chi connectivity index (χ0n) is 6.70. The summed E-state index contributed by atoms with van der Waals surface area (Å²) in [7, 11) is 0. The van der Waals surface area contributed by atoms with Gasteiger partial charge in [-0.05, 0) is 18.2 Å². The van der Waals surface area contributed by atoms with Gasteiger partial charge in [-0.25, -0.2) is 0 Å². The van der Waals surface area contributed by atoms with Gasteiger partial charge in [-0.2, -0.15) is 4.74 Å². The van der Waals surface area contributed by atoms with E-state index in [2.05, 4.69) is 6.07 Å². The second kappa shape index (κ2) is 2.52. The molecule has 0 amide bonds. The van der Waals surface area contributed by atoms with Gasteiger partial charge in [0.25, 0.3) is 6.73 Å². The molecule has 0 saturated carbocycles. The molecule has 0 bridgehead atoms. The van der Waals surface area contributed by atoms with Crippen molar-refractivity contribution in [1.29, 1.82) is 0 Å². The second-order valence-electron chi connectivity index (χ2n) is 2.66. The van der Waals surface area contributed by atoms with Crippen molar-refractivity contribution in [2.45, 2.75) is 6.92 Å². The summed E-state index contributed by atoms with van der Waals surface area (Å²) >= 11 is 0. The van der Waals surface area contributed by atoms with Crippen molar-refractivity contribution in [2.75, 3.05) is 6.73 Å². The molecule has 1 aromatic rings. The van der Waals surface area contributed by atoms with Gasteiger partial charge < -0.3 is 9.94 Å². The van der Waals surface area contributed by atoms with Gasteiger partial charge in [0.2, 0.25) is 0 Å². The predicted molar refractivity (Wildman–Crippen MR) is 44.2 cm³/mol. The van der Waals surface area contributed by atoms with Gasteiger partial charge >= 0.3 is 0 Å². The molecule has 0 N–H and O–H groups in total. The molecule has 1 radical (unpaired) electrons. The van der Waals surface area contributed by atoms with Crippen LogP contribution in [0, 0.1) is 11.3 Å². The van der Waals surface area contributed by atoms with Crippen LogP contribution in [0.3, 0.4) is 0 Å². The van der Waals surface area contributed by atoms with Crippen LogP contribution in [-0.4, -0.2) is 17.2 Å². The minimum Gasteiger partial charge on any atom is -0.621 e. The first-order valence-corrected chi connectivity index (χ1v) is 3.70. The standard InChI is InChI=1S/C9H8NO2/c1-7-8-4-2-3-5-9(8)12-6-10(7)11/h3-5H,6H2,1H3. The third-order valence-electron chi connectivity index (χ3n) is 1.93. The predicted octanol–water partition coefficient (Wildman–Crippen LogP) is 1.16. The first-order valence-electron chi connectivity index (χ1n) is 3.70. The molecule has 0 unspecified atom stereocenters. The average Bonchev–Trinajstić information content (AvgIpc) is 2.12. The molecule has 0 atom stereocenters. The Balaban J connectivity index is 2.59. The van der Waals surface area contributed by atoms with E-state index in [9.17, 15) is 5.21 Å². The van der Waals surface area contributed by atoms with Crippen molar-refractivity contribution in [3.05, 3.63) is 35.0 Å². The van der Waals surface area contributed by atoms with Crippen LogP contribution < -0.4 is 4.74 Å². The number of fused-ring (bicyclic) bond motifs is 1. The summed E-state index contributed by atoms with van der Waals surface area (Å²) in [6, 6.07) is 8.25. The fourth-order valence-electron chi connectivity index (χ4n) is 1.18. The van der Waals surface area contributed by atoms with Gasteiger partial charge in [-0.15, -0.1) is 0 Å². The number of hydrogen-bond acceptors (Lipinski definition) is 2. The maximum Gasteiger partial charge on any atom is 0.297 e. The van der Waals surface area contributed by atoms with Crippen LogP contribution >= 0.6 is 0 Å². The second-order valence-corrected chi connectivity index (χ2v) is 2.66. The zero-order chi connectivity index (χ0) is 8.55. The molecule has 1 aliphatic heterocycles. The van der Waals surface area contributed by atoms with E-state index >= 15 is 0 Å². The first kappa shape index (κ1) is 7.16. The molecule has 61 valence electrons. The minimum absolute atomic E-state index is 0.0862. The lowest BCUT2D eigenvalue weighted by Gasteiger charge is -2.16. The van der Waals surface area contributed by atoms with Gasteiger partial charge in [0, 0.05) is 6.92 Å². The van der Waals surface area contributed by atoms with Crippen LogP contribution in [0.5, 0.6) is 5.75 Å². The third-order valence-corrected chi connectivity index (χ3v) is 1.93. The van der Waals surface area contributed by atoms with Crippen LogP contribution in [0.4, 0.5) is 0 Å². The maximum absolute atomic E-state index is 11.1. The maximum atomic E-state index is 11.1. The Hall–Kier alpha value is -1.51. The SMILES string of the molecule is CC1=[N+]([O-])COc2cc[c]cc21. The normalized spacial score (nSPS) is 15.4. The highest BCUT2D eigenvalue weighted by atomic mass is 16.6. The summed E-state index contributed by atoms with van der Waals surface area (Å²) in [5.41, 5.74) is 1.52. The topological polar surface area (TPSA) is 35.3 Å². The van der Waals surface area contributed by atoms with E-state index in [1.807, 2.05) is 6.07 Å². The van der Waals surface area contributed by atoms with Crippen LogP contribution in [0.2, 0.25) is 0 Å². The lowest BCUT2D eigenvalue weighted by molar-refractivity contribution is -0.496. The quantitative estimate of drug-likeness (QED) is 0.424. The Morgan fingerprint density at radius 1 is 1.67 bits per heavy atom. The molecule has 1 aromatic carbocycles. The molecular formula is C9H8NO2. The Morgan fingerprint density at radius 2 is 2.50 bits per heavy atom. The Morgan fingerprint density at radius 3 is 3.33 bits per heavy atom. The van der Waals surface area contributed by atoms with Crippen molar-refractivity contribution < 1.29 is 9.48 Å². The van der Waals surface area contributed by atoms with Gasteiger partial charge in [-0.3, -0.25) is 0 Å². The van der Waals surface area contributed by atoms with E-state index in [0.717, 1.165) is 16.1 Å². The highest BCUT2D eigenvalue weighted by Crippen LogP contribution is 2.21. The lowest BCUT2D eigenvalue weighted by Crippen LogP contribution is -2.24. The molecule has 0 saturated heterocycles. The minimum atomic E-state index is 0.0862. The van der Waals surface area contributed by atoms with Crippen molar-refractivity contribution in [3.8, 4) is 5.75 Å². The lowest BCUT2D eigenvalue weighted by atomic mass is 10.1. The summed E-state index contributed by atoms with van der Waals surface area (Å²) in [4.78, 5) is 0. The first-order chi connectivity index (χ1) is 5.79. The van der Waals surface area contributed by atoms with E-state index in [1.165, 1.54) is 0 Å². The van der Waals surface area contributed by atoms with E-state index in [0.29, 0.717) is 5.71 Å². The molecule has 3 heteroatoms. The van der Waals surface area contributed by atoms with Crippen molar-refractivity contribution in [2.24, 2.45) is 0 Å². The molecule has 0 aliphatic carbocycles. The Kier molecular flexibility index (Phi) is 1.50. The fraction of sp³-hybridized carbons (Fsp3) is 0.222. The summed E-state index contributed by atoms with van der Waals surface area (Å²) in [5, 5.41) is 11.1. The van der Waals surface area contributed by atoms with Gasteiger partial charge in [0.1, 0.15) is 5.75 Å². The number of ether oxygens (including phenoxy) is 1. The van der Waals surface area contributed by atoms with E-state index in [1.54, 1.807) is 19.1 Å². The molecule has 3 nitrogen and oxygen atoms in total. The molecule has 0 fully saturated rings. The van der Waals surface area contributed by atoms with E-state index < -0.39 is 0 Å². The molecule has 0 aromatic heterocycles. The highest BCUT2D eigenvalue weighted by Gasteiger charge is 2.18. The molecule has 12 heavy (non-hydrogen) atoms. The smallest absolute Gasteiger partial charge is 0.297 e. The van der Waals surface area contributed by atoms with E-state index in [4.69, 9.17) is 4.74 Å². The fourth-order valence-corrected chi connectivity index (χ4v) is 1.18. The molecule has 1 aliphatic rings. The molecule has 2 rings (SSSR count). The molecular weight excluding hydrogens is 154 g/mol. The summed E-state index contributed by atoms with van der Waals surface area (Å²) in [6.45, 7) is 1.87. The summed E-state index contributed by atoms with van der Waals surface area (Å²) in [5.74, 6) is 0.762.